The van der Waals surface area contributed by atoms with Gasteiger partial charge in [-0.15, -0.1) is 0 Å². The Morgan fingerprint density at radius 1 is 0.270 bits per heavy atom. The summed E-state index contributed by atoms with van der Waals surface area (Å²) >= 11 is 0. The van der Waals surface area contributed by atoms with E-state index in [9.17, 15) is 19.2 Å². The summed E-state index contributed by atoms with van der Waals surface area (Å²) in [4.78, 5) is 4.78. The van der Waals surface area contributed by atoms with E-state index in [1.807, 2.05) is 54.6 Å². The van der Waals surface area contributed by atoms with Crippen LogP contribution in [0.5, 0.6) is 0 Å². The van der Waals surface area contributed by atoms with E-state index in [1.54, 1.807) is 57.7 Å². The largest absolute Gasteiger partial charge is 0.310 e. The lowest BCUT2D eigenvalue weighted by atomic mass is 9.33. The summed E-state index contributed by atoms with van der Waals surface area (Å²) in [6, 6.07) is 91.3. The van der Waals surface area contributed by atoms with Crippen LogP contribution in [0.1, 0.15) is 71.9 Å². The summed E-state index contributed by atoms with van der Waals surface area (Å²) in [7, 11) is 0. The third-order valence-electron chi connectivity index (χ3n) is 22.7. The van der Waals surface area contributed by atoms with Crippen molar-refractivity contribution in [2.75, 3.05) is 9.80 Å². The molecule has 17 aromatic carbocycles. The van der Waals surface area contributed by atoms with Crippen molar-refractivity contribution in [3.8, 4) is 78.1 Å². The molecular formula is C106H79BN4. The first-order valence-electron chi connectivity index (χ1n) is 44.9. The maximum Gasteiger partial charge on any atom is 0.252 e. The van der Waals surface area contributed by atoms with E-state index in [1.165, 1.54) is 0 Å². The molecule has 0 radical (unpaired) electrons. The van der Waals surface area contributed by atoms with Gasteiger partial charge in [0.1, 0.15) is 0 Å². The Kier molecular flexibility index (Phi) is 12.1. The molecule has 0 saturated heterocycles. The predicted octanol–water partition coefficient (Wildman–Crippen LogP) is 26.9. The summed E-state index contributed by atoms with van der Waals surface area (Å²) in [5.74, 6) is 0. The summed E-state index contributed by atoms with van der Waals surface area (Å²) in [5, 5.41) is 4.48. The molecule has 4 heterocycles. The van der Waals surface area contributed by atoms with E-state index >= 15 is 0 Å². The Hall–Kier alpha value is -13.5. The average molecular weight is 1430 g/mol. The van der Waals surface area contributed by atoms with Crippen molar-refractivity contribution in [1.29, 1.82) is 0 Å². The van der Waals surface area contributed by atoms with Crippen LogP contribution in [0.2, 0.25) is 0 Å². The van der Waals surface area contributed by atoms with Crippen LogP contribution in [0.3, 0.4) is 0 Å². The highest BCUT2D eigenvalue weighted by Gasteiger charge is 2.47. The third-order valence-corrected chi connectivity index (χ3v) is 22.7. The molecule has 0 bridgehead atoms. The average Bonchev–Trinajstić information content (AvgIpc) is 1.34. The normalized spacial score (nSPS) is 14.5. The maximum absolute atomic E-state index is 10.4. The highest BCUT2D eigenvalue weighted by molar-refractivity contribution is 7.00. The van der Waals surface area contributed by atoms with Gasteiger partial charge in [-0.25, -0.2) is 0 Å². The predicted molar refractivity (Wildman–Crippen MR) is 474 cm³/mol. The lowest BCUT2D eigenvalue weighted by molar-refractivity contribution is 0.590. The van der Waals surface area contributed by atoms with Gasteiger partial charge >= 0.3 is 0 Å². The van der Waals surface area contributed by atoms with E-state index in [0.717, 1.165) is 116 Å². The Bertz CT molecular complexity index is 7800. The van der Waals surface area contributed by atoms with Crippen LogP contribution in [-0.2, 0) is 10.8 Å². The quantitative estimate of drug-likeness (QED) is 0.100. The molecule has 0 amide bonds. The Labute approximate surface area is 668 Å². The number of hydrogen-bond donors (Lipinski definition) is 0. The smallest absolute Gasteiger partial charge is 0.252 e. The summed E-state index contributed by atoms with van der Waals surface area (Å²) in [5.41, 5.74) is 17.3. The fourth-order valence-corrected chi connectivity index (χ4v) is 17.3. The van der Waals surface area contributed by atoms with Crippen LogP contribution in [0.4, 0.5) is 34.1 Å². The van der Waals surface area contributed by atoms with Crippen molar-refractivity contribution in [1.82, 2.24) is 9.13 Å². The number of anilines is 6. The molecule has 111 heavy (non-hydrogen) atoms. The highest BCUT2D eigenvalue weighted by atomic mass is 15.2. The van der Waals surface area contributed by atoms with Crippen molar-refractivity contribution >= 4 is 122 Å². The van der Waals surface area contributed by atoms with Crippen molar-refractivity contribution < 1.29 is 19.2 Å². The first kappa shape index (κ1) is 52.5. The van der Waals surface area contributed by atoms with Crippen LogP contribution in [0.15, 0.2) is 370 Å². The monoisotopic (exact) mass is 1430 g/mol. The fourth-order valence-electron chi connectivity index (χ4n) is 17.3. The van der Waals surface area contributed by atoms with Crippen LogP contribution in [0.25, 0.3) is 143 Å². The molecule has 2 aromatic heterocycles. The van der Waals surface area contributed by atoms with Crippen LogP contribution >= 0.6 is 0 Å². The molecule has 2 aliphatic heterocycles. The number of hydrogen-bond acceptors (Lipinski definition) is 2. The molecule has 0 spiro atoms. The molecule has 0 aliphatic carbocycles. The fraction of sp³-hybridized carbons (Fsp3) is 0.0755. The summed E-state index contributed by atoms with van der Waals surface area (Å²) < 4.78 is 142. The van der Waals surface area contributed by atoms with Gasteiger partial charge in [0.25, 0.3) is 6.71 Å². The number of aromatic nitrogens is 2. The van der Waals surface area contributed by atoms with Crippen LogP contribution in [-0.4, -0.2) is 15.8 Å². The van der Waals surface area contributed by atoms with E-state index in [4.69, 9.17) is 0 Å². The van der Waals surface area contributed by atoms with Gasteiger partial charge < -0.3 is 18.9 Å². The maximum atomic E-state index is 10.4. The molecule has 19 aromatic rings. The Balaban J connectivity index is 0.965. The number of benzene rings is 17. The third kappa shape index (κ3) is 10.7. The van der Waals surface area contributed by atoms with Crippen molar-refractivity contribution in [3.05, 3.63) is 381 Å². The molecule has 2 aliphatic rings. The van der Waals surface area contributed by atoms with Gasteiger partial charge in [-0.2, -0.15) is 0 Å². The second-order valence-corrected chi connectivity index (χ2v) is 31.2. The van der Waals surface area contributed by atoms with E-state index < -0.39 is 65.9 Å². The molecule has 526 valence electrons. The minimum absolute atomic E-state index is 0.0233. The summed E-state index contributed by atoms with van der Waals surface area (Å²) in [6.07, 6.45) is 0. The molecule has 0 atom stereocenters. The molecule has 0 fully saturated rings. The summed E-state index contributed by atoms with van der Waals surface area (Å²) in [6.45, 7) is 12.6. The zero-order valence-corrected chi connectivity index (χ0v) is 62.0. The Morgan fingerprint density at radius 2 is 0.676 bits per heavy atom. The van der Waals surface area contributed by atoms with Crippen LogP contribution in [0, 0.1) is 0 Å². The SMILES string of the molecule is [2H]c1c([2H])c([2H])c2c(c1[2H])c1c([2H])c(-c3ccccc3)c([2H])c([2H])c1n2-c1ccc2c(c1)N(c1c(-c3ccccc3)cc(C(C)(C)C)cc1-c1ccccc1)c1cc(C(C)(C)C)cc3c1B2c1ccc(-n2c4c([2H])c([2H])c([2H])c([2H])c4c4c([2H])c(-c5ccccc5)c([2H])c([2H])c42)cc1N3c1c(-c2ccccc2)cccc1-c1cccc2c1ccc1ccccc12. The number of fused-ring (bicyclic) bond motifs is 13. The second-order valence-electron chi connectivity index (χ2n) is 31.2. The first-order valence-corrected chi connectivity index (χ1v) is 37.9. The molecule has 0 N–H and O–H groups in total. The molecule has 4 nitrogen and oxygen atoms in total. The standard InChI is InChI=1S/C106H79BN4/c1-105(2,3)76-62-88(71-36-18-10-19-37-71)104(89(63-76)72-38-20-11-21-39-72)111-99-67-79(109-95-49-27-25-43-86(95)91-61-75(52-59-97(91)109)69-32-14-8-15-33-69)54-57-93(99)107-92-56-53-78(108-94-48-26-24-42-85(94)90-60-74(51-58-96(90)108)68-30-12-7-13-31-68)66-98(92)110(100-64-77(106(4,5)6)65-101(111)102(100)107)103-81(70-34-16-9-17-35-70)44-28-47-87(103)83-46-29-45-82-80-41-23-22-40-73(80)50-55-84(82)83/h7-67H,1-6H3/i24D,25D,26D,27D,42D,43D,48D,49D,51D,52D,58D,59D,60D,61D. The topological polar surface area (TPSA) is 16.3 Å². The van der Waals surface area contributed by atoms with E-state index in [-0.39, 0.29) is 91.0 Å². The number of para-hydroxylation sites is 3. The minimum Gasteiger partial charge on any atom is -0.310 e. The van der Waals surface area contributed by atoms with Gasteiger partial charge in [0, 0.05) is 77.9 Å². The van der Waals surface area contributed by atoms with Crippen molar-refractivity contribution in [2.24, 2.45) is 0 Å². The Morgan fingerprint density at radius 3 is 1.18 bits per heavy atom. The lowest BCUT2D eigenvalue weighted by Gasteiger charge is -2.46. The molecule has 5 heteroatoms. The highest BCUT2D eigenvalue weighted by Crippen LogP contribution is 2.56. The minimum atomic E-state index is -0.745. The van der Waals surface area contributed by atoms with Crippen molar-refractivity contribution in [2.45, 2.75) is 52.4 Å². The zero-order chi connectivity index (χ0) is 86.6. The molecule has 21 rings (SSSR count). The van der Waals surface area contributed by atoms with Gasteiger partial charge in [0.15, 0.2) is 0 Å². The molecule has 0 saturated carbocycles. The molecule has 0 unspecified atom stereocenters. The number of rotatable bonds is 10. The van der Waals surface area contributed by atoms with Gasteiger partial charge in [0.05, 0.1) is 52.6 Å². The van der Waals surface area contributed by atoms with E-state index in [0.29, 0.717) is 33.9 Å². The van der Waals surface area contributed by atoms with Gasteiger partial charge in [0.2, 0.25) is 0 Å². The zero-order valence-electron chi connectivity index (χ0n) is 76.0. The first-order chi connectivity index (χ1) is 60.2. The van der Waals surface area contributed by atoms with Gasteiger partial charge in [-0.1, -0.05) is 326 Å². The van der Waals surface area contributed by atoms with Gasteiger partial charge in [-0.3, -0.25) is 0 Å². The second kappa shape index (κ2) is 25.6. The van der Waals surface area contributed by atoms with Crippen molar-refractivity contribution in [3.63, 3.8) is 0 Å². The van der Waals surface area contributed by atoms with Gasteiger partial charge in [-0.05, 0) is 189 Å². The molecular weight excluding hydrogens is 1340 g/mol. The lowest BCUT2D eigenvalue weighted by Crippen LogP contribution is -2.61. The van der Waals surface area contributed by atoms with Crippen LogP contribution < -0.4 is 26.2 Å². The number of nitrogens with zero attached hydrogens (tertiary/aromatic N) is 4. The van der Waals surface area contributed by atoms with E-state index in [2.05, 4.69) is 233 Å².